The van der Waals surface area contributed by atoms with Gasteiger partial charge in [-0.3, -0.25) is 0 Å². The molecule has 1 atom stereocenters. The predicted molar refractivity (Wildman–Crippen MR) is 64.7 cm³/mol. The molecule has 0 aliphatic rings. The molecule has 80 valence electrons. The monoisotopic (exact) mass is 279 g/mol. The number of thiocarbonyl (C=S) groups is 1. The Balaban J connectivity index is 0.00000225. The van der Waals surface area contributed by atoms with Crippen molar-refractivity contribution >= 4 is 35.1 Å². The van der Waals surface area contributed by atoms with Gasteiger partial charge in [-0.25, -0.2) is 4.79 Å². The molecule has 0 saturated carbocycles. The number of nitrogens with one attached hydrogen (secondary N) is 1. The van der Waals surface area contributed by atoms with E-state index in [9.17, 15) is 4.79 Å². The number of benzene rings is 1. The zero-order valence-electron chi connectivity index (χ0n) is 8.84. The van der Waals surface area contributed by atoms with Crippen molar-refractivity contribution in [3.05, 3.63) is 35.9 Å². The Hall–Kier alpha value is 0.436. The van der Waals surface area contributed by atoms with Crippen molar-refractivity contribution in [2.24, 2.45) is 0 Å². The first-order valence-corrected chi connectivity index (χ1v) is 5.15. The summed E-state index contributed by atoms with van der Waals surface area (Å²) in [6, 6.07) is 8.58. The van der Waals surface area contributed by atoms with Crippen molar-refractivity contribution in [2.75, 3.05) is 0 Å². The van der Waals surface area contributed by atoms with Crippen LogP contribution in [0.3, 0.4) is 0 Å². The van der Waals surface area contributed by atoms with Gasteiger partial charge in [0.25, 0.3) is 0 Å². The molecule has 0 amide bonds. The van der Waals surface area contributed by atoms with Crippen LogP contribution in [0.25, 0.3) is 0 Å². The van der Waals surface area contributed by atoms with Crippen LogP contribution in [0.1, 0.15) is 5.56 Å². The third-order valence-corrected chi connectivity index (χ3v) is 2.11. The molecule has 0 bridgehead atoms. The average Bonchev–Trinajstić information content (AvgIpc) is 2.17. The third-order valence-electron chi connectivity index (χ3n) is 1.87. The minimum atomic E-state index is -0.953. The van der Waals surface area contributed by atoms with Crippen molar-refractivity contribution in [1.29, 1.82) is 0 Å². The van der Waals surface area contributed by atoms with E-state index >= 15 is 0 Å². The zero-order valence-corrected chi connectivity index (χ0v) is 13.6. The van der Waals surface area contributed by atoms with Crippen LogP contribution in [0, 0.1) is 0 Å². The van der Waals surface area contributed by atoms with Gasteiger partial charge in [-0.15, -0.1) is 0 Å². The van der Waals surface area contributed by atoms with Crippen LogP contribution in [0.4, 0.5) is 0 Å². The largest absolute Gasteiger partial charge is 1.00 e. The summed E-state index contributed by atoms with van der Waals surface area (Å²) < 4.78 is 0.0818. The standard InChI is InChI=1S/C10H11NO2S2.K/c12-9(13)8(11-10(14)15)6-7-4-2-1-3-5-7;/h1-5,8H,6H2,(H,12,13)(H2,11,14,15);/q;+1/p-1. The number of carboxylic acid groups (broad SMARTS) is 1. The minimum absolute atomic E-state index is 0. The molecular formula is C10H10KNO2S2. The van der Waals surface area contributed by atoms with Gasteiger partial charge in [0.2, 0.25) is 0 Å². The Morgan fingerprint density at radius 1 is 1.44 bits per heavy atom. The molecule has 0 aliphatic carbocycles. The molecule has 6 heteroatoms. The molecule has 1 unspecified atom stereocenters. The second-order valence-electron chi connectivity index (χ2n) is 3.01. The topological polar surface area (TPSA) is 49.3 Å². The molecule has 2 N–H and O–H groups in total. The van der Waals surface area contributed by atoms with E-state index in [0.29, 0.717) is 6.42 Å². The number of aliphatic carboxylic acids is 1. The molecule has 3 nitrogen and oxygen atoms in total. The molecule has 0 aromatic heterocycles. The molecule has 0 aliphatic heterocycles. The second kappa shape index (κ2) is 8.52. The molecule has 1 aromatic rings. The maximum atomic E-state index is 10.9. The molecule has 0 fully saturated rings. The smallest absolute Gasteiger partial charge is 0.480 e. The van der Waals surface area contributed by atoms with Gasteiger partial charge in [0.05, 0.1) is 0 Å². The first-order valence-electron chi connectivity index (χ1n) is 4.34. The third kappa shape index (κ3) is 6.24. The fraction of sp³-hybridized carbons (Fsp3) is 0.200. The van der Waals surface area contributed by atoms with Gasteiger partial charge in [-0.1, -0.05) is 34.7 Å². The molecule has 1 aromatic carbocycles. The molecule has 0 radical (unpaired) electrons. The van der Waals surface area contributed by atoms with E-state index in [1.807, 2.05) is 30.3 Å². The summed E-state index contributed by atoms with van der Waals surface area (Å²) in [6.07, 6.45) is 0.368. The van der Waals surface area contributed by atoms with Crippen molar-refractivity contribution in [1.82, 2.24) is 5.32 Å². The molecule has 1 rings (SSSR count). The van der Waals surface area contributed by atoms with Gasteiger partial charge < -0.3 is 35.3 Å². The summed E-state index contributed by atoms with van der Waals surface area (Å²) >= 11 is 9.30. The molecule has 0 spiro atoms. The van der Waals surface area contributed by atoms with Crippen LogP contribution in [0.15, 0.2) is 30.3 Å². The Labute approximate surface area is 148 Å². The Bertz CT molecular complexity index is 359. The summed E-state index contributed by atoms with van der Waals surface area (Å²) in [6.45, 7) is 0. The molecule has 0 saturated heterocycles. The van der Waals surface area contributed by atoms with Crippen LogP contribution < -0.4 is 56.7 Å². The van der Waals surface area contributed by atoms with Crippen LogP contribution in [-0.2, 0) is 23.8 Å². The predicted octanol–water partition coefficient (Wildman–Crippen LogP) is -1.89. The van der Waals surface area contributed by atoms with Gasteiger partial charge in [-0.05, 0) is 5.56 Å². The van der Waals surface area contributed by atoms with E-state index in [-0.39, 0.29) is 55.7 Å². The molecule has 0 heterocycles. The van der Waals surface area contributed by atoms with E-state index < -0.39 is 12.0 Å². The Morgan fingerprint density at radius 2 is 2.00 bits per heavy atom. The maximum Gasteiger partial charge on any atom is 1.00 e. The van der Waals surface area contributed by atoms with Gasteiger partial charge in [0.15, 0.2) is 0 Å². The van der Waals surface area contributed by atoms with Crippen molar-refractivity contribution < 1.29 is 61.3 Å². The summed E-state index contributed by atoms with van der Waals surface area (Å²) in [5.74, 6) is -0.953. The fourth-order valence-electron chi connectivity index (χ4n) is 1.19. The van der Waals surface area contributed by atoms with Crippen LogP contribution in [-0.4, -0.2) is 21.4 Å². The zero-order chi connectivity index (χ0) is 11.3. The number of carbonyl (C=O) groups is 1. The normalized spacial score (nSPS) is 11.0. The fourth-order valence-corrected chi connectivity index (χ4v) is 1.48. The number of rotatable bonds is 4. The van der Waals surface area contributed by atoms with Gasteiger partial charge in [-0.2, -0.15) is 0 Å². The van der Waals surface area contributed by atoms with Crippen molar-refractivity contribution in [3.63, 3.8) is 0 Å². The summed E-state index contributed by atoms with van der Waals surface area (Å²) in [4.78, 5) is 10.9. The Morgan fingerprint density at radius 3 is 2.44 bits per heavy atom. The number of hydrogen-bond donors (Lipinski definition) is 2. The van der Waals surface area contributed by atoms with Gasteiger partial charge >= 0.3 is 57.4 Å². The van der Waals surface area contributed by atoms with E-state index in [2.05, 4.69) is 30.2 Å². The maximum absolute atomic E-state index is 10.9. The van der Waals surface area contributed by atoms with E-state index in [1.165, 1.54) is 0 Å². The molecular weight excluding hydrogens is 269 g/mol. The summed E-state index contributed by atoms with van der Waals surface area (Å²) in [5, 5.41) is 11.5. The van der Waals surface area contributed by atoms with E-state index in [1.54, 1.807) is 0 Å². The van der Waals surface area contributed by atoms with E-state index in [0.717, 1.165) is 5.56 Å². The van der Waals surface area contributed by atoms with Crippen molar-refractivity contribution in [2.45, 2.75) is 12.5 Å². The minimum Gasteiger partial charge on any atom is -0.480 e. The SMILES string of the molecule is O=C(O)C(Cc1ccccc1)NC(=S)[S-].[K+]. The molecule has 16 heavy (non-hydrogen) atoms. The number of carboxylic acids is 1. The van der Waals surface area contributed by atoms with Gasteiger partial charge in [0.1, 0.15) is 6.04 Å². The van der Waals surface area contributed by atoms with Gasteiger partial charge in [0, 0.05) is 6.42 Å². The van der Waals surface area contributed by atoms with Crippen LogP contribution >= 0.6 is 12.2 Å². The quantitative estimate of drug-likeness (QED) is 0.383. The average molecular weight is 279 g/mol. The van der Waals surface area contributed by atoms with Crippen LogP contribution in [0.2, 0.25) is 0 Å². The summed E-state index contributed by atoms with van der Waals surface area (Å²) in [7, 11) is 0. The van der Waals surface area contributed by atoms with Crippen molar-refractivity contribution in [3.8, 4) is 0 Å². The van der Waals surface area contributed by atoms with E-state index in [4.69, 9.17) is 5.11 Å². The number of hydrogen-bond acceptors (Lipinski definition) is 3. The first-order chi connectivity index (χ1) is 7.09. The van der Waals surface area contributed by atoms with Crippen LogP contribution in [0.5, 0.6) is 0 Å². The first kappa shape index (κ1) is 16.4. The Kier molecular flexibility index (Phi) is 8.75. The summed E-state index contributed by atoms with van der Waals surface area (Å²) in [5.41, 5.74) is 0.934. The second-order valence-corrected chi connectivity index (χ2v) is 4.09.